The summed E-state index contributed by atoms with van der Waals surface area (Å²) in [4.78, 5) is 26.2. The van der Waals surface area contributed by atoms with Gasteiger partial charge in [0.05, 0.1) is 25.7 Å². The van der Waals surface area contributed by atoms with Crippen LogP contribution in [0.4, 0.5) is 0 Å². The molecule has 0 aromatic heterocycles. The summed E-state index contributed by atoms with van der Waals surface area (Å²) in [6, 6.07) is 4.80. The van der Waals surface area contributed by atoms with Crippen LogP contribution in [0.25, 0.3) is 6.08 Å². The minimum absolute atomic E-state index is 0.0430. The summed E-state index contributed by atoms with van der Waals surface area (Å²) >= 11 is 0. The summed E-state index contributed by atoms with van der Waals surface area (Å²) in [6.45, 7) is 3.87. The fourth-order valence-electron chi connectivity index (χ4n) is 3.25. The van der Waals surface area contributed by atoms with Gasteiger partial charge in [-0.2, -0.15) is 0 Å². The second-order valence-electron chi connectivity index (χ2n) is 7.55. The monoisotopic (exact) mass is 439 g/mol. The van der Waals surface area contributed by atoms with Gasteiger partial charge in [-0.25, -0.2) is 13.2 Å². The van der Waals surface area contributed by atoms with Crippen molar-refractivity contribution < 1.29 is 32.2 Å². The molecule has 30 heavy (non-hydrogen) atoms. The Labute approximate surface area is 177 Å². The van der Waals surface area contributed by atoms with E-state index in [1.807, 2.05) is 13.8 Å². The van der Waals surface area contributed by atoms with E-state index in [1.54, 1.807) is 24.3 Å². The van der Waals surface area contributed by atoms with Crippen LogP contribution in [-0.4, -0.2) is 70.1 Å². The molecule has 1 fully saturated rings. The number of esters is 1. The maximum atomic E-state index is 12.6. The molecular weight excluding hydrogens is 410 g/mol. The largest absolute Gasteiger partial charge is 0.493 e. The second-order valence-corrected chi connectivity index (χ2v) is 9.78. The Bertz CT molecular complexity index is 893. The Hall–Kier alpha value is -2.55. The van der Waals surface area contributed by atoms with Crippen molar-refractivity contribution in [2.24, 2.45) is 5.92 Å². The van der Waals surface area contributed by atoms with Crippen LogP contribution in [0.15, 0.2) is 24.3 Å². The predicted molar refractivity (Wildman–Crippen MR) is 113 cm³/mol. The van der Waals surface area contributed by atoms with Crippen LogP contribution in [0.1, 0.15) is 25.8 Å². The van der Waals surface area contributed by atoms with E-state index in [2.05, 4.69) is 0 Å². The highest BCUT2D eigenvalue weighted by atomic mass is 32.2. The van der Waals surface area contributed by atoms with Crippen molar-refractivity contribution in [3.8, 4) is 11.5 Å². The van der Waals surface area contributed by atoms with Crippen molar-refractivity contribution in [1.29, 1.82) is 0 Å². The lowest BCUT2D eigenvalue weighted by Crippen LogP contribution is -2.45. The van der Waals surface area contributed by atoms with Crippen molar-refractivity contribution in [2.45, 2.75) is 26.3 Å². The van der Waals surface area contributed by atoms with Gasteiger partial charge in [0.2, 0.25) is 0 Å². The molecule has 1 unspecified atom stereocenters. The van der Waals surface area contributed by atoms with Crippen molar-refractivity contribution >= 4 is 27.8 Å². The highest BCUT2D eigenvalue weighted by Gasteiger charge is 2.35. The molecule has 1 heterocycles. The van der Waals surface area contributed by atoms with E-state index in [1.165, 1.54) is 25.2 Å². The molecule has 1 aliphatic rings. The lowest BCUT2D eigenvalue weighted by atomic mass is 10.1. The molecule has 1 aliphatic heterocycles. The third kappa shape index (κ3) is 6.76. The molecule has 0 N–H and O–H groups in total. The molecule has 0 bridgehead atoms. The number of carbonyl (C=O) groups excluding carboxylic acids is 2. The molecule has 0 saturated carbocycles. The van der Waals surface area contributed by atoms with Crippen molar-refractivity contribution in [2.75, 3.05) is 38.9 Å². The Morgan fingerprint density at radius 3 is 2.47 bits per heavy atom. The van der Waals surface area contributed by atoms with Gasteiger partial charge < -0.3 is 19.1 Å². The van der Waals surface area contributed by atoms with Crippen LogP contribution in [0.3, 0.4) is 0 Å². The maximum Gasteiger partial charge on any atom is 0.331 e. The Morgan fingerprint density at radius 2 is 1.90 bits per heavy atom. The summed E-state index contributed by atoms with van der Waals surface area (Å²) in [5, 5.41) is 0. The fraction of sp³-hybridized carbons (Fsp3) is 0.524. The molecule has 0 radical (unpaired) electrons. The van der Waals surface area contributed by atoms with E-state index >= 15 is 0 Å². The Balaban J connectivity index is 1.96. The van der Waals surface area contributed by atoms with Crippen LogP contribution in [0.2, 0.25) is 0 Å². The summed E-state index contributed by atoms with van der Waals surface area (Å²) in [7, 11) is -0.0725. The third-order valence-electron chi connectivity index (χ3n) is 4.69. The quantitative estimate of drug-likeness (QED) is 0.428. The number of amides is 1. The van der Waals surface area contributed by atoms with Crippen LogP contribution in [-0.2, 0) is 24.2 Å². The number of nitrogens with zero attached hydrogens (tertiary/aromatic N) is 1. The van der Waals surface area contributed by atoms with Crippen molar-refractivity contribution in [1.82, 2.24) is 4.90 Å². The highest BCUT2D eigenvalue weighted by Crippen LogP contribution is 2.28. The first-order valence-corrected chi connectivity index (χ1v) is 11.5. The normalized spacial score (nSPS) is 17.8. The second kappa shape index (κ2) is 10.5. The molecule has 8 nitrogen and oxygen atoms in total. The molecule has 1 aromatic rings. The molecule has 1 amide bonds. The van der Waals surface area contributed by atoms with Crippen LogP contribution in [0.5, 0.6) is 11.5 Å². The fourth-order valence-corrected chi connectivity index (χ4v) is 4.98. The number of sulfone groups is 1. The number of rotatable bonds is 9. The Kier molecular flexibility index (Phi) is 8.28. The molecule has 1 saturated heterocycles. The maximum absolute atomic E-state index is 12.6. The van der Waals surface area contributed by atoms with Gasteiger partial charge in [0, 0.05) is 18.7 Å². The average molecular weight is 440 g/mol. The SMILES string of the molecule is COc1ccc(C=CC(=O)OCC(=O)N(CC(C)C)C2CCS(=O)(=O)C2)cc1OC. The standard InChI is InChI=1S/C21H29NO7S/c1-15(2)12-22(17-9-10-30(25,26)14-17)20(23)13-29-21(24)8-6-16-5-7-18(27-3)19(11-16)28-4/h5-8,11,15,17H,9-10,12-14H2,1-4H3. The zero-order valence-corrected chi connectivity index (χ0v) is 18.6. The summed E-state index contributed by atoms with van der Waals surface area (Å²) in [6.07, 6.45) is 3.18. The van der Waals surface area contributed by atoms with Gasteiger partial charge in [-0.3, -0.25) is 4.79 Å². The topological polar surface area (TPSA) is 99.2 Å². The van der Waals surface area contributed by atoms with Gasteiger partial charge in [-0.15, -0.1) is 0 Å². The molecule has 0 aliphatic carbocycles. The molecule has 166 valence electrons. The first kappa shape index (κ1) is 23.7. The molecule has 9 heteroatoms. The summed E-state index contributed by atoms with van der Waals surface area (Å²) in [5.74, 6) is 0.241. The molecular formula is C21H29NO7S. The van der Waals surface area contributed by atoms with E-state index in [0.717, 1.165) is 0 Å². The Morgan fingerprint density at radius 1 is 1.20 bits per heavy atom. The molecule has 0 spiro atoms. The summed E-state index contributed by atoms with van der Waals surface area (Å²) < 4.78 is 39.0. The van der Waals surface area contributed by atoms with Crippen LogP contribution < -0.4 is 9.47 Å². The minimum atomic E-state index is -3.12. The van der Waals surface area contributed by atoms with Gasteiger partial charge in [0.1, 0.15) is 0 Å². The number of carbonyl (C=O) groups is 2. The number of methoxy groups -OCH3 is 2. The minimum Gasteiger partial charge on any atom is -0.493 e. The van der Waals surface area contributed by atoms with Gasteiger partial charge in [0.25, 0.3) is 5.91 Å². The van der Waals surface area contributed by atoms with E-state index in [4.69, 9.17) is 14.2 Å². The number of ether oxygens (including phenoxy) is 3. The third-order valence-corrected chi connectivity index (χ3v) is 6.44. The lowest BCUT2D eigenvalue weighted by Gasteiger charge is -2.29. The van der Waals surface area contributed by atoms with E-state index in [0.29, 0.717) is 30.0 Å². The number of hydrogen-bond acceptors (Lipinski definition) is 7. The van der Waals surface area contributed by atoms with Gasteiger partial charge in [-0.1, -0.05) is 19.9 Å². The lowest BCUT2D eigenvalue weighted by molar-refractivity contribution is -0.149. The number of benzene rings is 1. The average Bonchev–Trinajstić information content (AvgIpc) is 3.07. The predicted octanol–water partition coefficient (Wildman–Crippen LogP) is 1.93. The van der Waals surface area contributed by atoms with Crippen molar-refractivity contribution in [3.05, 3.63) is 29.8 Å². The van der Waals surface area contributed by atoms with Crippen LogP contribution in [0, 0.1) is 5.92 Å². The first-order valence-electron chi connectivity index (χ1n) is 9.72. The van der Waals surface area contributed by atoms with E-state index in [-0.39, 0.29) is 23.5 Å². The zero-order chi connectivity index (χ0) is 22.3. The number of hydrogen-bond donors (Lipinski definition) is 0. The van der Waals surface area contributed by atoms with E-state index < -0.39 is 28.3 Å². The van der Waals surface area contributed by atoms with Gasteiger partial charge in [-0.05, 0) is 36.1 Å². The molecule has 2 rings (SSSR count). The van der Waals surface area contributed by atoms with Crippen molar-refractivity contribution in [3.63, 3.8) is 0 Å². The first-order chi connectivity index (χ1) is 14.1. The van der Waals surface area contributed by atoms with Gasteiger partial charge >= 0.3 is 5.97 Å². The smallest absolute Gasteiger partial charge is 0.331 e. The van der Waals surface area contributed by atoms with E-state index in [9.17, 15) is 18.0 Å². The van der Waals surface area contributed by atoms with Gasteiger partial charge in [0.15, 0.2) is 27.9 Å². The highest BCUT2D eigenvalue weighted by molar-refractivity contribution is 7.91. The molecule has 1 atom stereocenters. The molecule has 1 aromatic carbocycles. The zero-order valence-electron chi connectivity index (χ0n) is 17.8. The van der Waals surface area contributed by atoms with Crippen LogP contribution >= 0.6 is 0 Å². The summed E-state index contributed by atoms with van der Waals surface area (Å²) in [5.41, 5.74) is 0.702.